The van der Waals surface area contributed by atoms with E-state index in [1.165, 1.54) is 0 Å². The van der Waals surface area contributed by atoms with Gasteiger partial charge in [0, 0.05) is 0 Å². The van der Waals surface area contributed by atoms with Gasteiger partial charge in [-0.05, 0) is 0 Å². The fourth-order valence-corrected chi connectivity index (χ4v) is 5.46. The summed E-state index contributed by atoms with van der Waals surface area (Å²) in [5.41, 5.74) is 0. The van der Waals surface area contributed by atoms with Gasteiger partial charge in [-0.3, -0.25) is 0 Å². The summed E-state index contributed by atoms with van der Waals surface area (Å²) in [6.07, 6.45) is 0. The van der Waals surface area contributed by atoms with Crippen LogP contribution in [0.3, 0.4) is 0 Å². The van der Waals surface area contributed by atoms with Crippen molar-refractivity contribution in [3.8, 4) is 0 Å². The van der Waals surface area contributed by atoms with Gasteiger partial charge in [0.05, 0.1) is 0 Å². The Morgan fingerprint density at radius 2 is 1.76 bits per heavy atom. The summed E-state index contributed by atoms with van der Waals surface area (Å²) in [7, 11) is -3.14. The average molecular weight is 319 g/mol. The molecule has 0 amide bonds. The summed E-state index contributed by atoms with van der Waals surface area (Å²) in [4.78, 5) is 0. The van der Waals surface area contributed by atoms with Gasteiger partial charge in [-0.25, -0.2) is 0 Å². The fraction of sp³-hybridized carbons (Fsp3) is 0.333. The molecular formula is C12H17O3PSe. The second-order valence-corrected chi connectivity index (χ2v) is 8.32. The normalized spacial score (nSPS) is 11.4. The van der Waals surface area contributed by atoms with Gasteiger partial charge in [0.15, 0.2) is 0 Å². The zero-order valence-corrected chi connectivity index (χ0v) is 12.7. The number of rotatable bonds is 7. The van der Waals surface area contributed by atoms with Crippen LogP contribution in [0.15, 0.2) is 41.1 Å². The van der Waals surface area contributed by atoms with E-state index in [1.54, 1.807) is 13.8 Å². The van der Waals surface area contributed by atoms with Crippen LogP contribution in [0.4, 0.5) is 0 Å². The Morgan fingerprint density at radius 3 is 2.24 bits per heavy atom. The maximum atomic E-state index is 12.4. The molecule has 0 fully saturated rings. The average Bonchev–Trinajstić information content (AvgIpc) is 2.31. The van der Waals surface area contributed by atoms with Gasteiger partial charge in [-0.2, -0.15) is 0 Å². The Hall–Kier alpha value is -0.371. The van der Waals surface area contributed by atoms with Gasteiger partial charge in [-0.15, -0.1) is 0 Å². The van der Waals surface area contributed by atoms with E-state index in [0.717, 1.165) is 4.46 Å². The van der Waals surface area contributed by atoms with E-state index in [2.05, 4.69) is 6.58 Å². The molecule has 0 spiro atoms. The first-order chi connectivity index (χ1) is 8.12. The molecule has 1 rings (SSSR count). The minimum absolute atomic E-state index is 0.0961. The number of hydrogen-bond donors (Lipinski definition) is 0. The first-order valence-electron chi connectivity index (χ1n) is 5.44. The zero-order valence-electron chi connectivity index (χ0n) is 10.1. The molecule has 0 radical (unpaired) electrons. The first kappa shape index (κ1) is 14.7. The van der Waals surface area contributed by atoms with Gasteiger partial charge in [-0.1, -0.05) is 0 Å². The van der Waals surface area contributed by atoms with Crippen molar-refractivity contribution in [2.75, 3.05) is 13.2 Å². The molecule has 17 heavy (non-hydrogen) atoms. The summed E-state index contributed by atoms with van der Waals surface area (Å²) < 4.78 is 24.6. The van der Waals surface area contributed by atoms with Crippen molar-refractivity contribution in [2.45, 2.75) is 13.8 Å². The third-order valence-electron chi connectivity index (χ3n) is 1.88. The molecule has 0 aliphatic heterocycles. The van der Waals surface area contributed by atoms with Crippen LogP contribution >= 0.6 is 7.60 Å². The minimum atomic E-state index is -3.14. The molecule has 1 aromatic rings. The van der Waals surface area contributed by atoms with Crippen molar-refractivity contribution in [3.05, 3.63) is 41.1 Å². The second-order valence-electron chi connectivity index (χ2n) is 3.14. The van der Waals surface area contributed by atoms with E-state index in [-0.39, 0.29) is 15.0 Å². The van der Waals surface area contributed by atoms with Crippen LogP contribution in [-0.4, -0.2) is 28.2 Å². The van der Waals surface area contributed by atoms with Crippen LogP contribution in [0.1, 0.15) is 13.8 Å². The Bertz CT molecular complexity index is 395. The Kier molecular flexibility index (Phi) is 6.18. The van der Waals surface area contributed by atoms with Crippen LogP contribution < -0.4 is 4.46 Å². The predicted octanol–water partition coefficient (Wildman–Crippen LogP) is 2.75. The summed E-state index contributed by atoms with van der Waals surface area (Å²) >= 11 is -0.0961. The molecular weight excluding hydrogens is 302 g/mol. The Morgan fingerprint density at radius 1 is 1.24 bits per heavy atom. The molecule has 0 atom stereocenters. The summed E-state index contributed by atoms with van der Waals surface area (Å²) in [5, 5.41) is 0. The molecule has 94 valence electrons. The van der Waals surface area contributed by atoms with Crippen molar-refractivity contribution >= 4 is 27.0 Å². The van der Waals surface area contributed by atoms with Crippen molar-refractivity contribution < 1.29 is 13.6 Å². The van der Waals surface area contributed by atoms with Crippen molar-refractivity contribution in [1.82, 2.24) is 0 Å². The molecule has 0 N–H and O–H groups in total. The van der Waals surface area contributed by atoms with Gasteiger partial charge in [0.1, 0.15) is 0 Å². The van der Waals surface area contributed by atoms with Crippen molar-refractivity contribution in [2.24, 2.45) is 0 Å². The maximum absolute atomic E-state index is 12.4. The monoisotopic (exact) mass is 320 g/mol. The van der Waals surface area contributed by atoms with Crippen LogP contribution in [0.5, 0.6) is 0 Å². The predicted molar refractivity (Wildman–Crippen MR) is 71.8 cm³/mol. The van der Waals surface area contributed by atoms with E-state index >= 15 is 0 Å². The van der Waals surface area contributed by atoms with Crippen LogP contribution in [-0.2, 0) is 13.6 Å². The van der Waals surface area contributed by atoms with Gasteiger partial charge >= 0.3 is 109 Å². The molecule has 0 aliphatic rings. The van der Waals surface area contributed by atoms with Crippen LogP contribution in [0, 0.1) is 0 Å². The second kappa shape index (κ2) is 7.15. The first-order valence-corrected chi connectivity index (χ1v) is 8.69. The van der Waals surface area contributed by atoms with Gasteiger partial charge in [0.2, 0.25) is 0 Å². The molecule has 5 heteroatoms. The summed E-state index contributed by atoms with van der Waals surface area (Å²) in [6.45, 7) is 8.20. The molecule has 0 saturated carbocycles. The molecule has 0 unspecified atom stereocenters. The Balaban J connectivity index is 2.76. The number of hydrogen-bond acceptors (Lipinski definition) is 3. The topological polar surface area (TPSA) is 35.5 Å². The zero-order chi connectivity index (χ0) is 12.7. The van der Waals surface area contributed by atoms with E-state index in [4.69, 9.17) is 9.05 Å². The molecule has 3 nitrogen and oxygen atoms in total. The van der Waals surface area contributed by atoms with E-state index in [0.29, 0.717) is 17.4 Å². The Labute approximate surface area is 109 Å². The quantitative estimate of drug-likeness (QED) is 0.573. The standard InChI is InChI=1S/C12H17O3PSe/c1-4-14-16(13,15-5-2)11(3)17-12-9-7-6-8-10-12/h6-10H,3-5H2,1-2H3. The molecule has 0 heterocycles. The van der Waals surface area contributed by atoms with Crippen LogP contribution in [0.25, 0.3) is 0 Å². The van der Waals surface area contributed by atoms with Crippen LogP contribution in [0.2, 0.25) is 0 Å². The molecule has 1 aromatic carbocycles. The van der Waals surface area contributed by atoms with Crippen molar-refractivity contribution in [1.29, 1.82) is 0 Å². The molecule has 0 aliphatic carbocycles. The third-order valence-corrected chi connectivity index (χ3v) is 7.13. The molecule has 0 aromatic heterocycles. The van der Waals surface area contributed by atoms with E-state index in [1.807, 2.05) is 30.3 Å². The van der Waals surface area contributed by atoms with E-state index in [9.17, 15) is 4.57 Å². The van der Waals surface area contributed by atoms with E-state index < -0.39 is 7.60 Å². The number of benzene rings is 1. The summed E-state index contributed by atoms with van der Waals surface area (Å²) in [5.74, 6) is 0. The fourth-order valence-electron chi connectivity index (χ4n) is 1.20. The van der Waals surface area contributed by atoms with Gasteiger partial charge in [0.25, 0.3) is 0 Å². The van der Waals surface area contributed by atoms with Crippen molar-refractivity contribution in [3.63, 3.8) is 0 Å². The van der Waals surface area contributed by atoms with Gasteiger partial charge < -0.3 is 0 Å². The molecule has 0 saturated heterocycles. The molecule has 0 bridgehead atoms. The SMILES string of the molecule is C=C([Se]c1ccccc1)P(=O)(OCC)OCC. The third kappa shape index (κ3) is 4.42. The summed E-state index contributed by atoms with van der Waals surface area (Å²) in [6, 6.07) is 9.85.